The van der Waals surface area contributed by atoms with E-state index in [-0.39, 0.29) is 11.0 Å². The first-order valence-corrected chi connectivity index (χ1v) is 11.6. The van der Waals surface area contributed by atoms with E-state index in [1.54, 1.807) is 0 Å². The fourth-order valence-electron chi connectivity index (χ4n) is 5.48. The van der Waals surface area contributed by atoms with Crippen LogP contribution in [0, 0.1) is 0 Å². The van der Waals surface area contributed by atoms with Crippen LogP contribution >= 0.6 is 11.3 Å². The van der Waals surface area contributed by atoms with Crippen molar-refractivity contribution in [3.63, 3.8) is 0 Å². The molecule has 2 aromatic heterocycles. The van der Waals surface area contributed by atoms with Gasteiger partial charge in [0.25, 0.3) is 0 Å². The van der Waals surface area contributed by atoms with Crippen molar-refractivity contribution < 1.29 is 9.47 Å². The van der Waals surface area contributed by atoms with Gasteiger partial charge in [0.15, 0.2) is 0 Å². The number of nitrogens with one attached hydrogen (secondary N) is 1. The summed E-state index contributed by atoms with van der Waals surface area (Å²) in [5.41, 5.74) is 2.87. The third-order valence-corrected chi connectivity index (χ3v) is 7.96. The fraction of sp³-hybridized carbons (Fsp3) is 0.609. The lowest BCUT2D eigenvalue weighted by Crippen LogP contribution is -2.47. The molecule has 1 aliphatic carbocycles. The van der Waals surface area contributed by atoms with Crippen LogP contribution in [0.4, 0.5) is 0 Å². The molecule has 2 fully saturated rings. The van der Waals surface area contributed by atoms with E-state index in [1.165, 1.54) is 41.8 Å². The van der Waals surface area contributed by atoms with Crippen molar-refractivity contribution in [2.24, 2.45) is 0 Å². The maximum Gasteiger partial charge on any atom is 0.137 e. The fourth-order valence-corrected chi connectivity index (χ4v) is 6.48. The predicted octanol–water partition coefficient (Wildman–Crippen LogP) is 4.62. The summed E-state index contributed by atoms with van der Waals surface area (Å²) < 4.78 is 12.2. The van der Waals surface area contributed by atoms with Crippen LogP contribution in [0.1, 0.15) is 61.1 Å². The Bertz CT molecular complexity index is 800. The van der Waals surface area contributed by atoms with Gasteiger partial charge in [0.2, 0.25) is 0 Å². The molecule has 4 heterocycles. The highest BCUT2D eigenvalue weighted by atomic mass is 32.1. The maximum absolute atomic E-state index is 6.36. The van der Waals surface area contributed by atoms with Crippen LogP contribution in [-0.4, -0.2) is 30.3 Å². The van der Waals surface area contributed by atoms with Crippen LogP contribution in [0.3, 0.4) is 0 Å². The van der Waals surface area contributed by atoms with Crippen molar-refractivity contribution in [2.45, 2.75) is 68.9 Å². The van der Waals surface area contributed by atoms with Crippen molar-refractivity contribution in [1.82, 2.24) is 10.3 Å². The normalized spacial score (nSPS) is 25.7. The largest absolute Gasteiger partial charge is 0.492 e. The number of aromatic nitrogens is 1. The average molecular weight is 399 g/mol. The molecule has 0 aromatic carbocycles. The minimum atomic E-state index is 0.0954. The van der Waals surface area contributed by atoms with Crippen LogP contribution in [0.2, 0.25) is 0 Å². The Balaban J connectivity index is 1.28. The van der Waals surface area contributed by atoms with E-state index >= 15 is 0 Å². The Labute approximate surface area is 171 Å². The van der Waals surface area contributed by atoms with E-state index in [0.29, 0.717) is 0 Å². The third kappa shape index (κ3) is 3.49. The zero-order valence-electron chi connectivity index (χ0n) is 16.5. The Morgan fingerprint density at radius 2 is 2.07 bits per heavy atom. The van der Waals surface area contributed by atoms with Gasteiger partial charge < -0.3 is 14.8 Å². The minimum absolute atomic E-state index is 0.0954. The minimum Gasteiger partial charge on any atom is -0.492 e. The maximum atomic E-state index is 6.36. The molecule has 0 unspecified atom stereocenters. The first-order valence-electron chi connectivity index (χ1n) is 10.8. The molecule has 1 saturated carbocycles. The Morgan fingerprint density at radius 1 is 1.14 bits per heavy atom. The molecule has 28 heavy (non-hydrogen) atoms. The van der Waals surface area contributed by atoms with Crippen LogP contribution in [0.25, 0.3) is 0 Å². The first kappa shape index (κ1) is 18.6. The van der Waals surface area contributed by atoms with Gasteiger partial charge in [-0.05, 0) is 56.2 Å². The molecular formula is C23H30N2O2S. The van der Waals surface area contributed by atoms with E-state index in [9.17, 15) is 0 Å². The van der Waals surface area contributed by atoms with Crippen LogP contribution in [-0.2, 0) is 23.1 Å². The molecule has 4 nitrogen and oxygen atoms in total. The molecule has 150 valence electrons. The smallest absolute Gasteiger partial charge is 0.137 e. The second-order valence-electron chi connectivity index (χ2n) is 8.70. The zero-order chi connectivity index (χ0) is 18.9. The van der Waals surface area contributed by atoms with Gasteiger partial charge in [-0.3, -0.25) is 4.98 Å². The summed E-state index contributed by atoms with van der Waals surface area (Å²) in [4.78, 5) is 6.15. The van der Waals surface area contributed by atoms with Gasteiger partial charge in [0.05, 0.1) is 17.1 Å². The van der Waals surface area contributed by atoms with Gasteiger partial charge in [-0.15, -0.1) is 11.3 Å². The first-order chi connectivity index (χ1) is 13.8. The molecule has 5 heteroatoms. The van der Waals surface area contributed by atoms with Crippen LogP contribution < -0.4 is 10.1 Å². The van der Waals surface area contributed by atoms with E-state index in [2.05, 4.69) is 22.8 Å². The molecule has 2 aliphatic heterocycles. The second kappa shape index (κ2) is 7.77. The van der Waals surface area contributed by atoms with Crippen LogP contribution in [0.15, 0.2) is 29.8 Å². The second-order valence-corrected chi connectivity index (χ2v) is 9.66. The van der Waals surface area contributed by atoms with Gasteiger partial charge in [-0.25, -0.2) is 0 Å². The molecular weight excluding hydrogens is 368 g/mol. The molecule has 0 bridgehead atoms. The van der Waals surface area contributed by atoms with Crippen molar-refractivity contribution >= 4 is 11.3 Å². The summed E-state index contributed by atoms with van der Waals surface area (Å²) in [5.74, 6) is 1.15. The quantitative estimate of drug-likeness (QED) is 0.721. The predicted molar refractivity (Wildman–Crippen MR) is 112 cm³/mol. The number of nitrogens with zero attached hydrogens (tertiary/aromatic N) is 1. The van der Waals surface area contributed by atoms with Crippen molar-refractivity contribution in [1.29, 1.82) is 0 Å². The summed E-state index contributed by atoms with van der Waals surface area (Å²) in [6.45, 7) is 3.61. The van der Waals surface area contributed by atoms with E-state index < -0.39 is 0 Å². The Kier molecular flexibility index (Phi) is 5.16. The lowest BCUT2D eigenvalue weighted by molar-refractivity contribution is -0.104. The SMILES string of the molecule is c1ccc([C@]2(CCNCc3scc4c3OCC4)CCOC3(CCCC3)C2)nc1. The van der Waals surface area contributed by atoms with E-state index in [4.69, 9.17) is 14.5 Å². The molecule has 0 amide bonds. The highest BCUT2D eigenvalue weighted by molar-refractivity contribution is 7.10. The molecule has 1 atom stereocenters. The number of thiophene rings is 1. The average Bonchev–Trinajstić information content (AvgIpc) is 3.45. The monoisotopic (exact) mass is 398 g/mol. The number of hydrogen-bond donors (Lipinski definition) is 1. The standard InChI is InChI=1S/C23H30N2O2S/c1-4-11-25-20(5-1)22(10-14-27-23(17-22)7-2-3-8-23)9-12-24-15-19-21-18(16-28-19)6-13-26-21/h1,4-5,11,16,24H,2-3,6-10,12-15,17H2/t22-/m1/s1. The summed E-state index contributed by atoms with van der Waals surface area (Å²) in [6, 6.07) is 6.39. The Hall–Kier alpha value is -1.43. The molecule has 3 aliphatic rings. The molecule has 1 saturated heterocycles. The van der Waals surface area contributed by atoms with Gasteiger partial charge >= 0.3 is 0 Å². The summed E-state index contributed by atoms with van der Waals surface area (Å²) in [6.07, 6.45) is 11.4. The molecule has 0 radical (unpaired) electrons. The number of ether oxygens (including phenoxy) is 2. The highest BCUT2D eigenvalue weighted by Crippen LogP contribution is 2.49. The Morgan fingerprint density at radius 3 is 2.93 bits per heavy atom. The number of pyridine rings is 1. The molecule has 1 N–H and O–H groups in total. The topological polar surface area (TPSA) is 43.4 Å². The highest BCUT2D eigenvalue weighted by Gasteiger charge is 2.48. The zero-order valence-corrected chi connectivity index (χ0v) is 17.4. The summed E-state index contributed by atoms with van der Waals surface area (Å²) in [7, 11) is 0. The van der Waals surface area contributed by atoms with Gasteiger partial charge in [0.1, 0.15) is 5.75 Å². The molecule has 5 rings (SSSR count). The number of fused-ring (bicyclic) bond motifs is 1. The van der Waals surface area contributed by atoms with Crippen molar-refractivity contribution in [3.05, 3.63) is 45.9 Å². The van der Waals surface area contributed by atoms with E-state index in [1.807, 2.05) is 23.6 Å². The summed E-state index contributed by atoms with van der Waals surface area (Å²) >= 11 is 1.83. The van der Waals surface area contributed by atoms with Crippen molar-refractivity contribution in [3.8, 4) is 5.75 Å². The van der Waals surface area contributed by atoms with Gasteiger partial charge in [-0.1, -0.05) is 18.9 Å². The van der Waals surface area contributed by atoms with E-state index in [0.717, 1.165) is 57.7 Å². The number of rotatable bonds is 6. The van der Waals surface area contributed by atoms with Crippen molar-refractivity contribution in [2.75, 3.05) is 19.8 Å². The number of hydrogen-bond acceptors (Lipinski definition) is 5. The third-order valence-electron chi connectivity index (χ3n) is 6.94. The van der Waals surface area contributed by atoms with Crippen LogP contribution in [0.5, 0.6) is 5.75 Å². The molecule has 2 aromatic rings. The summed E-state index contributed by atoms with van der Waals surface area (Å²) in [5, 5.41) is 5.96. The lowest BCUT2D eigenvalue weighted by Gasteiger charge is -2.46. The van der Waals surface area contributed by atoms with Gasteiger partial charge in [-0.2, -0.15) is 0 Å². The molecule has 1 spiro atoms. The van der Waals surface area contributed by atoms with Gasteiger partial charge in [0, 0.05) is 42.4 Å². The lowest BCUT2D eigenvalue weighted by atomic mass is 9.68.